The van der Waals surface area contributed by atoms with Crippen LogP contribution in [0.4, 0.5) is 10.1 Å². The largest absolute Gasteiger partial charge is 0.394 e. The van der Waals surface area contributed by atoms with Gasteiger partial charge in [-0.15, -0.1) is 0 Å². The minimum absolute atomic E-state index is 0.0646. The van der Waals surface area contributed by atoms with Crippen LogP contribution in [-0.2, 0) is 0 Å². The van der Waals surface area contributed by atoms with E-state index in [4.69, 9.17) is 0 Å². The summed E-state index contributed by atoms with van der Waals surface area (Å²) in [4.78, 5) is 1.56. The Labute approximate surface area is 104 Å². The van der Waals surface area contributed by atoms with Gasteiger partial charge in [-0.25, -0.2) is 4.39 Å². The molecule has 1 aliphatic rings. The van der Waals surface area contributed by atoms with Crippen molar-refractivity contribution in [3.05, 3.63) is 30.1 Å². The van der Waals surface area contributed by atoms with E-state index in [0.717, 1.165) is 0 Å². The summed E-state index contributed by atoms with van der Waals surface area (Å²) in [5.74, 6) is -0.391. The third-order valence-corrected chi connectivity index (χ3v) is 3.27. The number of nitrogens with zero attached hydrogens (tertiary/aromatic N) is 1. The molecule has 100 valence electrons. The summed E-state index contributed by atoms with van der Waals surface area (Å²) in [6.45, 7) is -0.308. The van der Waals surface area contributed by atoms with Crippen LogP contribution in [0, 0.1) is 5.82 Å². The van der Waals surface area contributed by atoms with Gasteiger partial charge in [-0.1, -0.05) is 0 Å². The third kappa shape index (κ3) is 2.32. The molecule has 0 aromatic heterocycles. The lowest BCUT2D eigenvalue weighted by atomic mass is 9.93. The van der Waals surface area contributed by atoms with Gasteiger partial charge in [-0.05, 0) is 24.3 Å². The van der Waals surface area contributed by atoms with Crippen LogP contribution in [0.2, 0.25) is 0 Å². The first-order valence-electron chi connectivity index (χ1n) is 5.72. The van der Waals surface area contributed by atoms with E-state index in [0.29, 0.717) is 5.69 Å². The molecule has 5 nitrogen and oxygen atoms in total. The first-order chi connectivity index (χ1) is 8.54. The summed E-state index contributed by atoms with van der Waals surface area (Å²) < 4.78 is 12.8. The minimum Gasteiger partial charge on any atom is -0.394 e. The van der Waals surface area contributed by atoms with Crippen molar-refractivity contribution < 1.29 is 24.8 Å². The topological polar surface area (TPSA) is 84.2 Å². The average Bonchev–Trinajstić information content (AvgIpc) is 2.37. The van der Waals surface area contributed by atoms with E-state index < -0.39 is 30.2 Å². The number of hydrogen-bond acceptors (Lipinski definition) is 5. The van der Waals surface area contributed by atoms with Crippen molar-refractivity contribution in [3.8, 4) is 0 Å². The highest BCUT2D eigenvalue weighted by Gasteiger charge is 2.41. The second kappa shape index (κ2) is 5.19. The van der Waals surface area contributed by atoms with Gasteiger partial charge in [0.25, 0.3) is 0 Å². The summed E-state index contributed by atoms with van der Waals surface area (Å²) >= 11 is 0. The van der Waals surface area contributed by atoms with E-state index >= 15 is 0 Å². The maximum absolute atomic E-state index is 12.8. The van der Waals surface area contributed by atoms with Gasteiger partial charge in [0.15, 0.2) is 0 Å². The summed E-state index contributed by atoms with van der Waals surface area (Å²) in [6, 6.07) is 4.78. The van der Waals surface area contributed by atoms with Gasteiger partial charge in [0.05, 0.1) is 18.8 Å². The fourth-order valence-electron chi connectivity index (χ4n) is 2.22. The van der Waals surface area contributed by atoms with Crippen LogP contribution in [0.1, 0.15) is 0 Å². The first-order valence-corrected chi connectivity index (χ1v) is 5.72. The number of aliphatic hydroxyl groups excluding tert-OH is 4. The maximum Gasteiger partial charge on any atom is 0.123 e. The lowest BCUT2D eigenvalue weighted by Gasteiger charge is -2.44. The van der Waals surface area contributed by atoms with Gasteiger partial charge in [-0.3, -0.25) is 0 Å². The van der Waals surface area contributed by atoms with Crippen molar-refractivity contribution in [3.63, 3.8) is 0 Å². The minimum atomic E-state index is -1.29. The van der Waals surface area contributed by atoms with Crippen LogP contribution in [0.15, 0.2) is 24.3 Å². The van der Waals surface area contributed by atoms with Crippen molar-refractivity contribution >= 4 is 5.69 Å². The summed E-state index contributed by atoms with van der Waals surface area (Å²) in [7, 11) is 0. The van der Waals surface area contributed by atoms with Crippen LogP contribution >= 0.6 is 0 Å². The molecule has 1 saturated heterocycles. The third-order valence-electron chi connectivity index (χ3n) is 3.27. The first kappa shape index (κ1) is 13.2. The Morgan fingerprint density at radius 1 is 1.11 bits per heavy atom. The number of piperidine rings is 1. The van der Waals surface area contributed by atoms with E-state index in [2.05, 4.69) is 0 Å². The molecule has 1 fully saturated rings. The molecule has 4 atom stereocenters. The van der Waals surface area contributed by atoms with Gasteiger partial charge < -0.3 is 25.3 Å². The van der Waals surface area contributed by atoms with Crippen LogP contribution < -0.4 is 4.90 Å². The molecule has 0 radical (unpaired) electrons. The number of anilines is 1. The van der Waals surface area contributed by atoms with Crippen molar-refractivity contribution in [1.82, 2.24) is 0 Å². The highest BCUT2D eigenvalue weighted by molar-refractivity contribution is 5.48. The summed E-state index contributed by atoms with van der Waals surface area (Å²) in [5, 5.41) is 38.3. The van der Waals surface area contributed by atoms with Gasteiger partial charge in [0.2, 0.25) is 0 Å². The highest BCUT2D eigenvalue weighted by atomic mass is 19.1. The summed E-state index contributed by atoms with van der Waals surface area (Å²) in [5.41, 5.74) is 0.570. The smallest absolute Gasteiger partial charge is 0.123 e. The Kier molecular flexibility index (Phi) is 3.82. The Morgan fingerprint density at radius 2 is 1.72 bits per heavy atom. The van der Waals surface area contributed by atoms with Crippen molar-refractivity contribution in [2.75, 3.05) is 18.1 Å². The highest BCUT2D eigenvalue weighted by Crippen LogP contribution is 2.25. The normalized spacial score (nSPS) is 32.6. The van der Waals surface area contributed by atoms with Crippen molar-refractivity contribution in [1.29, 1.82) is 0 Å². The molecule has 0 amide bonds. The standard InChI is InChI=1S/C12H16FNO4/c13-7-1-3-8(4-2-7)14-5-10(16)12(18)11(17)9(14)6-15/h1-4,9-12,15-18H,5-6H2/t9-,10+,11-,12-/m1/s1. The van der Waals surface area contributed by atoms with E-state index in [1.165, 1.54) is 24.3 Å². The molecule has 1 aromatic carbocycles. The molecule has 0 spiro atoms. The zero-order valence-corrected chi connectivity index (χ0v) is 9.65. The number of aliphatic hydroxyl groups is 4. The SMILES string of the molecule is OC[C@@H]1[C@@H](O)[C@H](O)[C@@H](O)CN1c1ccc(F)cc1. The van der Waals surface area contributed by atoms with Crippen molar-refractivity contribution in [2.45, 2.75) is 24.4 Å². The van der Waals surface area contributed by atoms with Crippen LogP contribution in [0.3, 0.4) is 0 Å². The zero-order chi connectivity index (χ0) is 13.3. The zero-order valence-electron chi connectivity index (χ0n) is 9.65. The summed E-state index contributed by atoms with van der Waals surface area (Å²) in [6.07, 6.45) is -3.67. The molecule has 0 unspecified atom stereocenters. The number of halogens is 1. The van der Waals surface area contributed by atoms with Gasteiger partial charge in [0, 0.05) is 12.2 Å². The molecule has 2 rings (SSSR count). The predicted octanol–water partition coefficient (Wildman–Crippen LogP) is -0.911. The maximum atomic E-state index is 12.8. The second-order valence-corrected chi connectivity index (χ2v) is 4.43. The number of benzene rings is 1. The molecular formula is C12H16FNO4. The van der Waals surface area contributed by atoms with Crippen LogP contribution in [0.25, 0.3) is 0 Å². The van der Waals surface area contributed by atoms with E-state index in [1.807, 2.05) is 0 Å². The Balaban J connectivity index is 2.27. The molecule has 1 heterocycles. The quantitative estimate of drug-likeness (QED) is 0.551. The molecule has 0 saturated carbocycles. The Morgan fingerprint density at radius 3 is 2.28 bits per heavy atom. The fourth-order valence-corrected chi connectivity index (χ4v) is 2.22. The number of β-amino-alcohol motifs (C(OH)–C–C–N with tert-alkyl or cyclic N) is 1. The molecule has 0 bridgehead atoms. The van der Waals surface area contributed by atoms with Gasteiger partial charge in [0.1, 0.15) is 18.0 Å². The Hall–Kier alpha value is -1.21. The molecule has 0 aliphatic carbocycles. The molecule has 18 heavy (non-hydrogen) atoms. The molecular weight excluding hydrogens is 241 g/mol. The lowest BCUT2D eigenvalue weighted by molar-refractivity contribution is -0.0902. The van der Waals surface area contributed by atoms with E-state index in [9.17, 15) is 24.8 Å². The average molecular weight is 257 g/mol. The molecule has 1 aliphatic heterocycles. The predicted molar refractivity (Wildman–Crippen MR) is 62.6 cm³/mol. The van der Waals surface area contributed by atoms with E-state index in [1.54, 1.807) is 4.90 Å². The van der Waals surface area contributed by atoms with E-state index in [-0.39, 0.29) is 13.2 Å². The number of hydrogen-bond donors (Lipinski definition) is 4. The molecule has 1 aromatic rings. The monoisotopic (exact) mass is 257 g/mol. The van der Waals surface area contributed by atoms with Crippen LogP contribution in [0.5, 0.6) is 0 Å². The fraction of sp³-hybridized carbons (Fsp3) is 0.500. The van der Waals surface area contributed by atoms with Gasteiger partial charge >= 0.3 is 0 Å². The Bertz CT molecular complexity index is 400. The molecule has 6 heteroatoms. The number of rotatable bonds is 2. The second-order valence-electron chi connectivity index (χ2n) is 4.43. The lowest BCUT2D eigenvalue weighted by Crippen LogP contribution is -2.62. The van der Waals surface area contributed by atoms with Crippen molar-refractivity contribution in [2.24, 2.45) is 0 Å². The van der Waals surface area contributed by atoms with Gasteiger partial charge in [-0.2, -0.15) is 0 Å². The van der Waals surface area contributed by atoms with Crippen LogP contribution in [-0.4, -0.2) is 57.9 Å². The molecule has 4 N–H and O–H groups in total.